The van der Waals surface area contributed by atoms with Gasteiger partial charge in [0.05, 0.1) is 19.1 Å². The topological polar surface area (TPSA) is 49.8 Å². The van der Waals surface area contributed by atoms with Crippen molar-refractivity contribution in [3.8, 4) is 0 Å². The quantitative estimate of drug-likeness (QED) is 0.752. The molecular weight excluding hydrogens is 238 g/mol. The number of thiophene rings is 1. The van der Waals surface area contributed by atoms with E-state index in [0.717, 1.165) is 6.54 Å². The molecule has 1 atom stereocenters. The number of esters is 1. The molecule has 0 aliphatic rings. The third-order valence-corrected chi connectivity index (χ3v) is 3.10. The molecule has 1 N–H and O–H groups in total. The molecule has 1 aromatic rings. The van der Waals surface area contributed by atoms with E-state index >= 15 is 0 Å². The van der Waals surface area contributed by atoms with Crippen LogP contribution in [0.2, 0.25) is 0 Å². The molecule has 0 saturated carbocycles. The zero-order chi connectivity index (χ0) is 12.7. The van der Waals surface area contributed by atoms with Crippen molar-refractivity contribution in [2.75, 3.05) is 20.2 Å². The molecule has 0 radical (unpaired) electrons. The first-order chi connectivity index (χ1) is 8.11. The van der Waals surface area contributed by atoms with Crippen LogP contribution in [0.5, 0.6) is 0 Å². The number of aliphatic hydroxyl groups is 1. The molecule has 1 unspecified atom stereocenters. The standard InChI is InChI=1S/C12H19NO3S/c1-3-16-12(15)7-10(14)8-13(2)9-11-5-4-6-17-11/h4-6,10,14H,3,7-9H2,1-2H3. The predicted octanol–water partition coefficient (Wildman–Crippen LogP) is 1.49. The van der Waals surface area contributed by atoms with Gasteiger partial charge in [-0.25, -0.2) is 0 Å². The van der Waals surface area contributed by atoms with E-state index in [1.165, 1.54) is 4.88 Å². The zero-order valence-electron chi connectivity index (χ0n) is 10.3. The molecular formula is C12H19NO3S. The van der Waals surface area contributed by atoms with Crippen LogP contribution in [-0.4, -0.2) is 42.3 Å². The third-order valence-electron chi connectivity index (χ3n) is 2.24. The normalized spacial score (nSPS) is 12.7. The van der Waals surface area contributed by atoms with E-state index in [0.29, 0.717) is 13.2 Å². The van der Waals surface area contributed by atoms with Gasteiger partial charge < -0.3 is 9.84 Å². The van der Waals surface area contributed by atoms with E-state index < -0.39 is 6.10 Å². The Morgan fingerprint density at radius 1 is 1.65 bits per heavy atom. The van der Waals surface area contributed by atoms with Gasteiger partial charge in [-0.15, -0.1) is 11.3 Å². The maximum Gasteiger partial charge on any atom is 0.308 e. The molecule has 0 aliphatic heterocycles. The lowest BCUT2D eigenvalue weighted by Gasteiger charge is -2.19. The molecule has 1 rings (SSSR count). The van der Waals surface area contributed by atoms with Crippen LogP contribution in [0.3, 0.4) is 0 Å². The summed E-state index contributed by atoms with van der Waals surface area (Å²) in [4.78, 5) is 14.4. The van der Waals surface area contributed by atoms with Crippen molar-refractivity contribution in [3.05, 3.63) is 22.4 Å². The fraction of sp³-hybridized carbons (Fsp3) is 0.583. The Bertz CT molecular complexity index is 327. The number of nitrogens with zero attached hydrogens (tertiary/aromatic N) is 1. The third kappa shape index (κ3) is 5.81. The van der Waals surface area contributed by atoms with Gasteiger partial charge >= 0.3 is 5.97 Å². The van der Waals surface area contributed by atoms with Gasteiger partial charge in [0.1, 0.15) is 0 Å². The van der Waals surface area contributed by atoms with E-state index in [1.807, 2.05) is 23.4 Å². The molecule has 0 aromatic carbocycles. The minimum Gasteiger partial charge on any atom is -0.466 e. The Balaban J connectivity index is 2.25. The first-order valence-corrected chi connectivity index (χ1v) is 6.54. The second kappa shape index (κ2) is 7.42. The Kier molecular flexibility index (Phi) is 6.18. The highest BCUT2D eigenvalue weighted by molar-refractivity contribution is 7.09. The second-order valence-electron chi connectivity index (χ2n) is 3.94. The Labute approximate surface area is 106 Å². The van der Waals surface area contributed by atoms with Crippen LogP contribution in [0.1, 0.15) is 18.2 Å². The SMILES string of the molecule is CCOC(=O)CC(O)CN(C)Cc1cccs1. The maximum atomic E-state index is 11.2. The highest BCUT2D eigenvalue weighted by Gasteiger charge is 2.14. The number of ether oxygens (including phenoxy) is 1. The largest absolute Gasteiger partial charge is 0.466 e. The van der Waals surface area contributed by atoms with Crippen LogP contribution in [0.25, 0.3) is 0 Å². The monoisotopic (exact) mass is 257 g/mol. The average molecular weight is 257 g/mol. The van der Waals surface area contributed by atoms with Gasteiger partial charge in [0.25, 0.3) is 0 Å². The van der Waals surface area contributed by atoms with E-state index in [-0.39, 0.29) is 12.4 Å². The second-order valence-corrected chi connectivity index (χ2v) is 4.97. The summed E-state index contributed by atoms with van der Waals surface area (Å²) in [5, 5.41) is 11.7. The summed E-state index contributed by atoms with van der Waals surface area (Å²) in [6.07, 6.45) is -0.609. The molecule has 5 heteroatoms. The van der Waals surface area contributed by atoms with E-state index in [4.69, 9.17) is 4.74 Å². The van der Waals surface area contributed by atoms with Crippen LogP contribution in [0.15, 0.2) is 17.5 Å². The lowest BCUT2D eigenvalue weighted by molar-refractivity contribution is -0.145. The number of hydrogen-bond donors (Lipinski definition) is 1. The molecule has 4 nitrogen and oxygen atoms in total. The van der Waals surface area contributed by atoms with Crippen molar-refractivity contribution in [2.24, 2.45) is 0 Å². The number of rotatable bonds is 7. The van der Waals surface area contributed by atoms with Gasteiger partial charge in [-0.3, -0.25) is 9.69 Å². The lowest BCUT2D eigenvalue weighted by atomic mass is 10.2. The molecule has 1 heterocycles. The van der Waals surface area contributed by atoms with Gasteiger partial charge in [0.15, 0.2) is 0 Å². The van der Waals surface area contributed by atoms with Crippen molar-refractivity contribution in [3.63, 3.8) is 0 Å². The Morgan fingerprint density at radius 2 is 2.41 bits per heavy atom. The Morgan fingerprint density at radius 3 is 3.00 bits per heavy atom. The molecule has 96 valence electrons. The zero-order valence-corrected chi connectivity index (χ0v) is 11.1. The van der Waals surface area contributed by atoms with Crippen molar-refractivity contribution in [1.82, 2.24) is 4.90 Å². The fourth-order valence-electron chi connectivity index (χ4n) is 1.57. The van der Waals surface area contributed by atoms with E-state index in [2.05, 4.69) is 6.07 Å². The summed E-state index contributed by atoms with van der Waals surface area (Å²) in [5.74, 6) is -0.343. The summed E-state index contributed by atoms with van der Waals surface area (Å²) in [6.45, 7) is 3.37. The van der Waals surface area contributed by atoms with E-state index in [1.54, 1.807) is 18.3 Å². The highest BCUT2D eigenvalue weighted by atomic mass is 32.1. The molecule has 0 saturated heterocycles. The number of carbonyl (C=O) groups excluding carboxylic acids is 1. The minimum absolute atomic E-state index is 0.0582. The summed E-state index contributed by atoms with van der Waals surface area (Å²) >= 11 is 1.69. The van der Waals surface area contributed by atoms with Gasteiger partial charge in [-0.1, -0.05) is 6.07 Å². The number of likely N-dealkylation sites (N-methyl/N-ethyl adjacent to an activating group) is 1. The molecule has 1 aromatic heterocycles. The van der Waals surface area contributed by atoms with Crippen LogP contribution in [-0.2, 0) is 16.1 Å². The predicted molar refractivity (Wildman–Crippen MR) is 67.9 cm³/mol. The molecule has 0 fully saturated rings. The summed E-state index contributed by atoms with van der Waals surface area (Å²) in [6, 6.07) is 4.06. The van der Waals surface area contributed by atoms with E-state index in [9.17, 15) is 9.90 Å². The number of hydrogen-bond acceptors (Lipinski definition) is 5. The molecule has 0 spiro atoms. The minimum atomic E-state index is -0.668. The molecule has 17 heavy (non-hydrogen) atoms. The van der Waals surface area contributed by atoms with Crippen LogP contribution in [0.4, 0.5) is 0 Å². The smallest absolute Gasteiger partial charge is 0.308 e. The van der Waals surface area contributed by atoms with Crippen molar-refractivity contribution in [1.29, 1.82) is 0 Å². The molecule has 0 amide bonds. The van der Waals surface area contributed by atoms with Gasteiger partial charge in [0, 0.05) is 18.0 Å². The average Bonchev–Trinajstić information content (AvgIpc) is 2.69. The van der Waals surface area contributed by atoms with Crippen molar-refractivity contribution in [2.45, 2.75) is 26.0 Å². The lowest BCUT2D eigenvalue weighted by Crippen LogP contribution is -2.30. The number of carbonyl (C=O) groups is 1. The summed E-state index contributed by atoms with van der Waals surface area (Å²) < 4.78 is 4.78. The fourth-order valence-corrected chi connectivity index (χ4v) is 2.35. The van der Waals surface area contributed by atoms with Crippen LogP contribution < -0.4 is 0 Å². The summed E-state index contributed by atoms with van der Waals surface area (Å²) in [7, 11) is 1.92. The maximum absolute atomic E-state index is 11.2. The van der Waals surface area contributed by atoms with Gasteiger partial charge in [-0.2, -0.15) is 0 Å². The Hall–Kier alpha value is -0.910. The first kappa shape index (κ1) is 14.2. The molecule has 0 bridgehead atoms. The molecule has 0 aliphatic carbocycles. The summed E-state index contributed by atoms with van der Waals surface area (Å²) in [5.41, 5.74) is 0. The highest BCUT2D eigenvalue weighted by Crippen LogP contribution is 2.11. The van der Waals surface area contributed by atoms with Gasteiger partial charge in [0.2, 0.25) is 0 Å². The van der Waals surface area contributed by atoms with Crippen LogP contribution in [0, 0.1) is 0 Å². The first-order valence-electron chi connectivity index (χ1n) is 5.66. The van der Waals surface area contributed by atoms with Gasteiger partial charge in [-0.05, 0) is 25.4 Å². The van der Waals surface area contributed by atoms with Crippen molar-refractivity contribution >= 4 is 17.3 Å². The van der Waals surface area contributed by atoms with Crippen molar-refractivity contribution < 1.29 is 14.6 Å². The van der Waals surface area contributed by atoms with Crippen LogP contribution >= 0.6 is 11.3 Å². The number of aliphatic hydroxyl groups excluding tert-OH is 1.